The number of hydrogen-bond acceptors (Lipinski definition) is 5. The number of rotatable bonds is 6. The molecule has 1 aromatic heterocycles. The van der Waals surface area contributed by atoms with Crippen LogP contribution >= 0.6 is 0 Å². The van der Waals surface area contributed by atoms with Gasteiger partial charge in [0.1, 0.15) is 0 Å². The quantitative estimate of drug-likeness (QED) is 0.749. The van der Waals surface area contributed by atoms with E-state index in [2.05, 4.69) is 10.1 Å². The summed E-state index contributed by atoms with van der Waals surface area (Å²) < 4.78 is 16.1. The molecule has 0 saturated heterocycles. The largest absolute Gasteiger partial charge is 0.345 e. The van der Waals surface area contributed by atoms with Crippen LogP contribution in [0.4, 0.5) is 0 Å². The molecule has 1 heterocycles. The zero-order valence-corrected chi connectivity index (χ0v) is 11.4. The van der Waals surface area contributed by atoms with Crippen molar-refractivity contribution in [3.05, 3.63) is 35.7 Å². The predicted molar refractivity (Wildman–Crippen MR) is 70.5 cm³/mol. The molecule has 0 unspecified atom stereocenters. The Hall–Kier alpha value is -1.72. The topological polar surface area (TPSA) is 57.4 Å². The van der Waals surface area contributed by atoms with Gasteiger partial charge in [0.25, 0.3) is 5.89 Å². The molecule has 5 heteroatoms. The van der Waals surface area contributed by atoms with Gasteiger partial charge in [-0.15, -0.1) is 0 Å². The van der Waals surface area contributed by atoms with Gasteiger partial charge in [-0.3, -0.25) is 0 Å². The molecule has 0 aliphatic carbocycles. The molecule has 0 spiro atoms. The van der Waals surface area contributed by atoms with Gasteiger partial charge in [0.15, 0.2) is 0 Å². The van der Waals surface area contributed by atoms with Gasteiger partial charge >= 0.3 is 0 Å². The van der Waals surface area contributed by atoms with Crippen LogP contribution < -0.4 is 0 Å². The Balaban J connectivity index is 2.22. The van der Waals surface area contributed by atoms with Gasteiger partial charge in [0.2, 0.25) is 12.1 Å². The van der Waals surface area contributed by atoms with Gasteiger partial charge in [-0.1, -0.05) is 28.9 Å². The maximum atomic E-state index is 5.42. The van der Waals surface area contributed by atoms with E-state index < -0.39 is 6.29 Å². The highest BCUT2D eigenvalue weighted by Crippen LogP contribution is 2.22. The SMILES string of the molecule is CCOC(OCC)c1nc(-c2cccc(C)c2)no1. The van der Waals surface area contributed by atoms with Crippen LogP contribution in [0.3, 0.4) is 0 Å². The fourth-order valence-corrected chi connectivity index (χ4v) is 1.73. The summed E-state index contributed by atoms with van der Waals surface area (Å²) in [6.45, 7) is 6.85. The van der Waals surface area contributed by atoms with E-state index in [-0.39, 0.29) is 0 Å². The van der Waals surface area contributed by atoms with Gasteiger partial charge in [-0.25, -0.2) is 0 Å². The normalized spacial score (nSPS) is 11.2. The van der Waals surface area contributed by atoms with Gasteiger partial charge < -0.3 is 14.0 Å². The Bertz CT molecular complexity index is 519. The Kier molecular flexibility index (Phi) is 4.65. The summed E-state index contributed by atoms with van der Waals surface area (Å²) in [5, 5.41) is 3.97. The summed E-state index contributed by atoms with van der Waals surface area (Å²) in [5.41, 5.74) is 2.07. The van der Waals surface area contributed by atoms with Crippen LogP contribution in [0.5, 0.6) is 0 Å². The Morgan fingerprint density at radius 2 is 1.95 bits per heavy atom. The van der Waals surface area contributed by atoms with Crippen molar-refractivity contribution in [2.24, 2.45) is 0 Å². The minimum atomic E-state index is -0.596. The Morgan fingerprint density at radius 1 is 1.21 bits per heavy atom. The number of hydrogen-bond donors (Lipinski definition) is 0. The van der Waals surface area contributed by atoms with Crippen molar-refractivity contribution in [2.45, 2.75) is 27.1 Å². The smallest absolute Gasteiger partial charge is 0.283 e. The van der Waals surface area contributed by atoms with E-state index in [4.69, 9.17) is 14.0 Å². The minimum absolute atomic E-state index is 0.347. The average molecular weight is 262 g/mol. The summed E-state index contributed by atoms with van der Waals surface area (Å²) in [6, 6.07) is 7.93. The van der Waals surface area contributed by atoms with Crippen molar-refractivity contribution in [3.8, 4) is 11.4 Å². The predicted octanol–water partition coefficient (Wildman–Crippen LogP) is 3.12. The molecule has 0 N–H and O–H groups in total. The second kappa shape index (κ2) is 6.45. The Morgan fingerprint density at radius 3 is 2.58 bits per heavy atom. The fraction of sp³-hybridized carbons (Fsp3) is 0.429. The van der Waals surface area contributed by atoms with E-state index in [9.17, 15) is 0 Å². The molecular weight excluding hydrogens is 244 g/mol. The van der Waals surface area contributed by atoms with Crippen molar-refractivity contribution in [3.63, 3.8) is 0 Å². The van der Waals surface area contributed by atoms with Crippen LogP contribution in [0.1, 0.15) is 31.6 Å². The molecule has 19 heavy (non-hydrogen) atoms. The van der Waals surface area contributed by atoms with E-state index in [1.807, 2.05) is 45.0 Å². The van der Waals surface area contributed by atoms with Crippen LogP contribution in [-0.2, 0) is 9.47 Å². The van der Waals surface area contributed by atoms with E-state index in [0.717, 1.165) is 11.1 Å². The third-order valence-corrected chi connectivity index (χ3v) is 2.56. The highest BCUT2D eigenvalue weighted by atomic mass is 16.7. The third kappa shape index (κ3) is 3.39. The van der Waals surface area contributed by atoms with Crippen LogP contribution in [0, 0.1) is 6.92 Å². The second-order valence-corrected chi connectivity index (χ2v) is 4.07. The molecular formula is C14H18N2O3. The molecule has 102 valence electrons. The third-order valence-electron chi connectivity index (χ3n) is 2.56. The van der Waals surface area contributed by atoms with Crippen LogP contribution in [-0.4, -0.2) is 23.4 Å². The van der Waals surface area contributed by atoms with Crippen molar-refractivity contribution in [1.82, 2.24) is 10.1 Å². The molecule has 0 bridgehead atoms. The second-order valence-electron chi connectivity index (χ2n) is 4.07. The van der Waals surface area contributed by atoms with Crippen molar-refractivity contribution >= 4 is 0 Å². The van der Waals surface area contributed by atoms with Crippen LogP contribution in [0.25, 0.3) is 11.4 Å². The summed E-state index contributed by atoms with van der Waals surface area (Å²) in [7, 11) is 0. The lowest BCUT2D eigenvalue weighted by Crippen LogP contribution is -2.09. The van der Waals surface area contributed by atoms with Crippen molar-refractivity contribution in [1.29, 1.82) is 0 Å². The van der Waals surface area contributed by atoms with Gasteiger partial charge in [0, 0.05) is 18.8 Å². The molecule has 0 saturated carbocycles. The van der Waals surface area contributed by atoms with Crippen molar-refractivity contribution < 1.29 is 14.0 Å². The molecule has 0 radical (unpaired) electrons. The first-order valence-corrected chi connectivity index (χ1v) is 6.38. The number of ether oxygens (including phenoxy) is 2. The maximum Gasteiger partial charge on any atom is 0.283 e. The molecule has 0 fully saturated rings. The zero-order chi connectivity index (χ0) is 13.7. The molecule has 1 aromatic carbocycles. The fourth-order valence-electron chi connectivity index (χ4n) is 1.73. The molecule has 5 nitrogen and oxygen atoms in total. The highest BCUT2D eigenvalue weighted by molar-refractivity contribution is 5.55. The lowest BCUT2D eigenvalue weighted by molar-refractivity contribution is -0.155. The molecule has 2 aromatic rings. The Labute approximate surface area is 112 Å². The molecule has 0 atom stereocenters. The summed E-state index contributed by atoms with van der Waals surface area (Å²) in [4.78, 5) is 4.33. The lowest BCUT2D eigenvalue weighted by Gasteiger charge is -2.11. The standard InChI is InChI=1S/C14H18N2O3/c1-4-17-14(18-5-2)13-15-12(16-19-13)11-8-6-7-10(3)9-11/h6-9,14H,4-5H2,1-3H3. The monoisotopic (exact) mass is 262 g/mol. The summed E-state index contributed by atoms with van der Waals surface area (Å²) in [5.74, 6) is 0.892. The van der Waals surface area contributed by atoms with E-state index in [1.165, 1.54) is 0 Å². The van der Waals surface area contributed by atoms with E-state index in [0.29, 0.717) is 24.9 Å². The van der Waals surface area contributed by atoms with Gasteiger partial charge in [0.05, 0.1) is 0 Å². The minimum Gasteiger partial charge on any atom is -0.345 e. The number of aryl methyl sites for hydroxylation is 1. The maximum absolute atomic E-state index is 5.42. The number of benzene rings is 1. The first-order valence-electron chi connectivity index (χ1n) is 6.38. The first-order chi connectivity index (χ1) is 9.24. The highest BCUT2D eigenvalue weighted by Gasteiger charge is 2.20. The van der Waals surface area contributed by atoms with E-state index >= 15 is 0 Å². The van der Waals surface area contributed by atoms with E-state index in [1.54, 1.807) is 0 Å². The van der Waals surface area contributed by atoms with Crippen molar-refractivity contribution in [2.75, 3.05) is 13.2 Å². The van der Waals surface area contributed by atoms with Crippen LogP contribution in [0.15, 0.2) is 28.8 Å². The summed E-state index contributed by atoms with van der Waals surface area (Å²) in [6.07, 6.45) is -0.596. The average Bonchev–Trinajstić information content (AvgIpc) is 2.88. The molecule has 2 rings (SSSR count). The molecule has 0 aliphatic rings. The zero-order valence-electron chi connectivity index (χ0n) is 11.4. The number of nitrogens with zero attached hydrogens (tertiary/aromatic N) is 2. The molecule has 0 aliphatic heterocycles. The first kappa shape index (κ1) is 13.7. The molecule has 0 amide bonds. The lowest BCUT2D eigenvalue weighted by atomic mass is 10.1. The van der Waals surface area contributed by atoms with Gasteiger partial charge in [-0.2, -0.15) is 4.98 Å². The number of aromatic nitrogens is 2. The van der Waals surface area contributed by atoms with Gasteiger partial charge in [-0.05, 0) is 26.8 Å². The summed E-state index contributed by atoms with van der Waals surface area (Å²) >= 11 is 0. The van der Waals surface area contributed by atoms with Crippen LogP contribution in [0.2, 0.25) is 0 Å².